The minimum atomic E-state index is -0.382. The predicted molar refractivity (Wildman–Crippen MR) is 68.6 cm³/mol. The van der Waals surface area contributed by atoms with Crippen molar-refractivity contribution < 1.29 is 9.53 Å². The van der Waals surface area contributed by atoms with Gasteiger partial charge in [-0.3, -0.25) is 4.79 Å². The van der Waals surface area contributed by atoms with Gasteiger partial charge in [-0.2, -0.15) is 0 Å². The average Bonchev–Trinajstić information content (AvgIpc) is 2.38. The molecule has 0 spiro atoms. The third kappa shape index (κ3) is 5.04. The fourth-order valence-corrected chi connectivity index (χ4v) is 2.02. The Morgan fingerprint density at radius 1 is 1.53 bits per heavy atom. The summed E-state index contributed by atoms with van der Waals surface area (Å²) in [6.45, 7) is 5.60. The molecule has 17 heavy (non-hydrogen) atoms. The molecule has 3 unspecified atom stereocenters. The Morgan fingerprint density at radius 3 is 2.88 bits per heavy atom. The van der Waals surface area contributed by atoms with Crippen molar-refractivity contribution in [3.8, 4) is 0 Å². The van der Waals surface area contributed by atoms with E-state index in [0.29, 0.717) is 12.6 Å². The van der Waals surface area contributed by atoms with Crippen LogP contribution in [-0.2, 0) is 9.53 Å². The molecular formula is C13H26N2O2. The third-order valence-electron chi connectivity index (χ3n) is 3.60. The monoisotopic (exact) mass is 242 g/mol. The topological polar surface area (TPSA) is 64.4 Å². The first kappa shape index (κ1) is 14.5. The highest BCUT2D eigenvalue weighted by atomic mass is 16.5. The Kier molecular flexibility index (Phi) is 6.52. The summed E-state index contributed by atoms with van der Waals surface area (Å²) in [5.74, 6) is 0.205. The smallest absolute Gasteiger partial charge is 0.237 e. The van der Waals surface area contributed by atoms with Crippen molar-refractivity contribution in [1.82, 2.24) is 5.32 Å². The molecule has 0 saturated carbocycles. The maximum atomic E-state index is 11.7. The van der Waals surface area contributed by atoms with Crippen molar-refractivity contribution in [3.63, 3.8) is 0 Å². The van der Waals surface area contributed by atoms with Crippen LogP contribution in [0, 0.1) is 5.92 Å². The molecule has 1 aliphatic rings. The van der Waals surface area contributed by atoms with Crippen LogP contribution in [0.1, 0.15) is 46.0 Å². The van der Waals surface area contributed by atoms with E-state index in [-0.39, 0.29) is 17.9 Å². The summed E-state index contributed by atoms with van der Waals surface area (Å²) in [4.78, 5) is 11.7. The van der Waals surface area contributed by atoms with Gasteiger partial charge in [0.15, 0.2) is 0 Å². The van der Waals surface area contributed by atoms with Gasteiger partial charge < -0.3 is 15.8 Å². The van der Waals surface area contributed by atoms with E-state index in [0.717, 1.165) is 25.9 Å². The molecule has 0 bridgehead atoms. The van der Waals surface area contributed by atoms with Crippen molar-refractivity contribution in [3.05, 3.63) is 0 Å². The Balaban J connectivity index is 2.14. The Morgan fingerprint density at radius 2 is 2.29 bits per heavy atom. The van der Waals surface area contributed by atoms with Gasteiger partial charge in [0, 0.05) is 13.2 Å². The van der Waals surface area contributed by atoms with E-state index in [1.54, 1.807) is 0 Å². The van der Waals surface area contributed by atoms with Crippen LogP contribution in [0.25, 0.3) is 0 Å². The van der Waals surface area contributed by atoms with Crippen LogP contribution in [0.2, 0.25) is 0 Å². The minimum absolute atomic E-state index is 0.0323. The quantitative estimate of drug-likeness (QED) is 0.740. The number of carbonyl (C=O) groups is 1. The molecule has 3 atom stereocenters. The first-order chi connectivity index (χ1) is 8.15. The lowest BCUT2D eigenvalue weighted by Crippen LogP contribution is -2.45. The number of nitrogens with two attached hydrogens (primary N) is 1. The van der Waals surface area contributed by atoms with Gasteiger partial charge >= 0.3 is 0 Å². The van der Waals surface area contributed by atoms with Gasteiger partial charge in [0.05, 0.1) is 12.1 Å². The van der Waals surface area contributed by atoms with E-state index >= 15 is 0 Å². The first-order valence-corrected chi connectivity index (χ1v) is 6.80. The van der Waals surface area contributed by atoms with Crippen LogP contribution >= 0.6 is 0 Å². The molecule has 4 heteroatoms. The van der Waals surface area contributed by atoms with Crippen molar-refractivity contribution in [2.75, 3.05) is 13.2 Å². The van der Waals surface area contributed by atoms with Gasteiger partial charge in [0.25, 0.3) is 0 Å². The molecule has 0 aromatic carbocycles. The molecule has 1 heterocycles. The maximum Gasteiger partial charge on any atom is 0.237 e. The molecule has 0 aromatic heterocycles. The second kappa shape index (κ2) is 7.67. The van der Waals surface area contributed by atoms with Gasteiger partial charge in [-0.25, -0.2) is 0 Å². The molecule has 1 amide bonds. The first-order valence-electron chi connectivity index (χ1n) is 6.80. The SMILES string of the molecule is CCC(C)C(N)C(=O)NCCC1CCCCO1. The Labute approximate surface area is 104 Å². The fraction of sp³-hybridized carbons (Fsp3) is 0.923. The van der Waals surface area contributed by atoms with Gasteiger partial charge in [0.1, 0.15) is 0 Å². The number of ether oxygens (including phenoxy) is 1. The predicted octanol–water partition coefficient (Wildman–Crippen LogP) is 1.44. The van der Waals surface area contributed by atoms with Crippen LogP contribution in [0.15, 0.2) is 0 Å². The van der Waals surface area contributed by atoms with E-state index in [1.165, 1.54) is 12.8 Å². The van der Waals surface area contributed by atoms with Crippen molar-refractivity contribution >= 4 is 5.91 Å². The van der Waals surface area contributed by atoms with E-state index in [1.807, 2.05) is 13.8 Å². The number of hydrogen-bond donors (Lipinski definition) is 2. The second-order valence-electron chi connectivity index (χ2n) is 4.98. The molecule has 1 saturated heterocycles. The van der Waals surface area contributed by atoms with E-state index in [2.05, 4.69) is 5.32 Å². The molecule has 0 radical (unpaired) electrons. The van der Waals surface area contributed by atoms with Crippen LogP contribution < -0.4 is 11.1 Å². The van der Waals surface area contributed by atoms with Crippen molar-refractivity contribution in [2.45, 2.75) is 58.1 Å². The van der Waals surface area contributed by atoms with Crippen LogP contribution in [0.5, 0.6) is 0 Å². The van der Waals surface area contributed by atoms with Gasteiger partial charge in [0.2, 0.25) is 5.91 Å². The minimum Gasteiger partial charge on any atom is -0.378 e. The molecule has 1 fully saturated rings. The highest BCUT2D eigenvalue weighted by Gasteiger charge is 2.19. The maximum absolute atomic E-state index is 11.7. The molecule has 3 N–H and O–H groups in total. The number of nitrogens with one attached hydrogen (secondary N) is 1. The van der Waals surface area contributed by atoms with Gasteiger partial charge in [-0.15, -0.1) is 0 Å². The average molecular weight is 242 g/mol. The summed E-state index contributed by atoms with van der Waals surface area (Å²) < 4.78 is 5.61. The third-order valence-corrected chi connectivity index (χ3v) is 3.60. The normalized spacial score (nSPS) is 24.1. The van der Waals surface area contributed by atoms with Crippen molar-refractivity contribution in [1.29, 1.82) is 0 Å². The lowest BCUT2D eigenvalue weighted by Gasteiger charge is -2.23. The Bertz CT molecular complexity index is 227. The highest BCUT2D eigenvalue weighted by Crippen LogP contribution is 2.14. The van der Waals surface area contributed by atoms with Gasteiger partial charge in [-0.1, -0.05) is 20.3 Å². The zero-order valence-electron chi connectivity index (χ0n) is 11.1. The number of rotatable bonds is 6. The fourth-order valence-electron chi connectivity index (χ4n) is 2.02. The zero-order valence-corrected chi connectivity index (χ0v) is 11.1. The molecule has 100 valence electrons. The highest BCUT2D eigenvalue weighted by molar-refractivity contribution is 5.81. The van der Waals surface area contributed by atoms with Crippen molar-refractivity contribution in [2.24, 2.45) is 11.7 Å². The summed E-state index contributed by atoms with van der Waals surface area (Å²) in [5, 5.41) is 2.90. The van der Waals surface area contributed by atoms with Crippen LogP contribution in [-0.4, -0.2) is 31.2 Å². The largest absolute Gasteiger partial charge is 0.378 e. The molecule has 0 aromatic rings. The summed E-state index contributed by atoms with van der Waals surface area (Å²) in [6, 6.07) is -0.382. The van der Waals surface area contributed by atoms with E-state index in [4.69, 9.17) is 10.5 Å². The molecule has 1 aliphatic heterocycles. The van der Waals surface area contributed by atoms with E-state index < -0.39 is 0 Å². The number of amides is 1. The van der Waals surface area contributed by atoms with Crippen LogP contribution in [0.4, 0.5) is 0 Å². The summed E-state index contributed by atoms with van der Waals surface area (Å²) in [7, 11) is 0. The molecule has 4 nitrogen and oxygen atoms in total. The molecule has 0 aliphatic carbocycles. The lowest BCUT2D eigenvalue weighted by molar-refractivity contribution is -0.123. The zero-order chi connectivity index (χ0) is 12.7. The summed E-state index contributed by atoms with van der Waals surface area (Å²) in [5.41, 5.74) is 5.85. The Hall–Kier alpha value is -0.610. The lowest BCUT2D eigenvalue weighted by atomic mass is 9.99. The van der Waals surface area contributed by atoms with Crippen LogP contribution in [0.3, 0.4) is 0 Å². The molecular weight excluding hydrogens is 216 g/mol. The second-order valence-corrected chi connectivity index (χ2v) is 4.98. The standard InChI is InChI=1S/C13H26N2O2/c1-3-10(2)12(14)13(16)15-8-7-11-6-4-5-9-17-11/h10-12H,3-9,14H2,1-2H3,(H,15,16). The number of carbonyl (C=O) groups excluding carboxylic acids is 1. The molecule has 1 rings (SSSR count). The summed E-state index contributed by atoms with van der Waals surface area (Å²) in [6.07, 6.45) is 5.68. The summed E-state index contributed by atoms with van der Waals surface area (Å²) >= 11 is 0. The number of hydrogen-bond acceptors (Lipinski definition) is 3. The van der Waals surface area contributed by atoms with Gasteiger partial charge in [-0.05, 0) is 31.6 Å². The van der Waals surface area contributed by atoms with E-state index in [9.17, 15) is 4.79 Å².